The Kier molecular flexibility index (Phi) is 4.40. The molecule has 0 N–H and O–H groups in total. The lowest BCUT2D eigenvalue weighted by atomic mass is 10.0. The van der Waals surface area contributed by atoms with Gasteiger partial charge in [0.1, 0.15) is 5.02 Å². The van der Waals surface area contributed by atoms with Crippen LogP contribution in [0.15, 0.2) is 48.5 Å². The predicted molar refractivity (Wildman–Crippen MR) is 76.8 cm³/mol. The van der Waals surface area contributed by atoms with Gasteiger partial charge in [0.25, 0.3) is 5.69 Å². The summed E-state index contributed by atoms with van der Waals surface area (Å²) in [5.41, 5.74) is 1.69. The van der Waals surface area contributed by atoms with Crippen molar-refractivity contribution in [3.63, 3.8) is 0 Å². The molecule has 2 aromatic rings. The van der Waals surface area contributed by atoms with Gasteiger partial charge >= 0.3 is 0 Å². The van der Waals surface area contributed by atoms with E-state index in [1.54, 1.807) is 6.07 Å². The molecule has 0 spiro atoms. The summed E-state index contributed by atoms with van der Waals surface area (Å²) in [6.07, 6.45) is 0.517. The Morgan fingerprint density at radius 3 is 2.47 bits per heavy atom. The third kappa shape index (κ3) is 3.46. The molecular weight excluding hydrogens is 285 g/mol. The SMILES string of the molecule is O=[N+]([O-])c1cc(CC(Cl)c2ccccc2)ccc1Cl. The van der Waals surface area contributed by atoms with Crippen LogP contribution in [0.1, 0.15) is 16.5 Å². The fourth-order valence-corrected chi connectivity index (χ4v) is 2.32. The number of nitrogens with zero attached hydrogens (tertiary/aromatic N) is 1. The average Bonchev–Trinajstić information content (AvgIpc) is 2.41. The molecule has 0 saturated heterocycles. The van der Waals surface area contributed by atoms with Crippen LogP contribution in [-0.4, -0.2) is 4.92 Å². The fraction of sp³-hybridized carbons (Fsp3) is 0.143. The van der Waals surface area contributed by atoms with E-state index >= 15 is 0 Å². The van der Waals surface area contributed by atoms with Crippen molar-refractivity contribution in [1.29, 1.82) is 0 Å². The quantitative estimate of drug-likeness (QED) is 0.463. The Bertz CT molecular complexity index is 587. The summed E-state index contributed by atoms with van der Waals surface area (Å²) in [4.78, 5) is 10.3. The second-order valence-corrected chi connectivity index (χ2v) is 5.06. The third-order valence-electron chi connectivity index (χ3n) is 2.78. The fourth-order valence-electron chi connectivity index (χ4n) is 1.81. The number of rotatable bonds is 4. The predicted octanol–water partition coefficient (Wildman–Crippen LogP) is 4.77. The molecule has 1 atom stereocenters. The maximum atomic E-state index is 10.8. The molecule has 0 aliphatic rings. The van der Waals surface area contributed by atoms with Crippen LogP contribution < -0.4 is 0 Å². The number of hydrogen-bond acceptors (Lipinski definition) is 2. The van der Waals surface area contributed by atoms with Crippen LogP contribution in [0.4, 0.5) is 5.69 Å². The van der Waals surface area contributed by atoms with Crippen LogP contribution in [0.2, 0.25) is 5.02 Å². The minimum atomic E-state index is -0.489. The molecule has 2 aromatic carbocycles. The van der Waals surface area contributed by atoms with Gasteiger partial charge in [-0.05, 0) is 23.6 Å². The van der Waals surface area contributed by atoms with Crippen molar-refractivity contribution in [3.8, 4) is 0 Å². The third-order valence-corrected chi connectivity index (χ3v) is 3.51. The summed E-state index contributed by atoms with van der Waals surface area (Å²) >= 11 is 12.1. The highest BCUT2D eigenvalue weighted by atomic mass is 35.5. The van der Waals surface area contributed by atoms with E-state index in [1.807, 2.05) is 30.3 Å². The highest BCUT2D eigenvalue weighted by Crippen LogP contribution is 2.29. The Morgan fingerprint density at radius 2 is 1.84 bits per heavy atom. The zero-order chi connectivity index (χ0) is 13.8. The van der Waals surface area contributed by atoms with E-state index in [-0.39, 0.29) is 16.1 Å². The normalized spacial score (nSPS) is 12.1. The van der Waals surface area contributed by atoms with E-state index in [9.17, 15) is 10.1 Å². The summed E-state index contributed by atoms with van der Waals surface area (Å²) < 4.78 is 0. The second-order valence-electron chi connectivity index (χ2n) is 4.13. The standard InChI is InChI=1S/C14H11Cl2NO2/c15-12-7-6-10(9-14(12)17(18)19)8-13(16)11-4-2-1-3-5-11/h1-7,9,13H,8H2. The molecule has 0 saturated carbocycles. The van der Waals surface area contributed by atoms with Crippen LogP contribution in [-0.2, 0) is 6.42 Å². The molecule has 0 aliphatic heterocycles. The minimum absolute atomic E-state index is 0.0869. The molecule has 5 heteroatoms. The topological polar surface area (TPSA) is 43.1 Å². The molecule has 19 heavy (non-hydrogen) atoms. The molecule has 0 aromatic heterocycles. The molecular formula is C14H11Cl2NO2. The number of hydrogen-bond donors (Lipinski definition) is 0. The smallest absolute Gasteiger partial charge is 0.258 e. The van der Waals surface area contributed by atoms with Crippen molar-refractivity contribution in [2.45, 2.75) is 11.8 Å². The highest BCUT2D eigenvalue weighted by Gasteiger charge is 2.15. The first-order chi connectivity index (χ1) is 9.08. The van der Waals surface area contributed by atoms with Gasteiger partial charge in [0, 0.05) is 6.07 Å². The summed E-state index contributed by atoms with van der Waals surface area (Å²) in [7, 11) is 0. The lowest BCUT2D eigenvalue weighted by Gasteiger charge is -2.10. The van der Waals surface area contributed by atoms with E-state index in [4.69, 9.17) is 23.2 Å². The van der Waals surface area contributed by atoms with Gasteiger partial charge in [-0.3, -0.25) is 10.1 Å². The van der Waals surface area contributed by atoms with Crippen molar-refractivity contribution in [2.24, 2.45) is 0 Å². The van der Waals surface area contributed by atoms with Gasteiger partial charge in [0.2, 0.25) is 0 Å². The molecule has 0 radical (unpaired) electrons. The van der Waals surface area contributed by atoms with Gasteiger partial charge in [-0.2, -0.15) is 0 Å². The molecule has 0 fully saturated rings. The molecule has 98 valence electrons. The van der Waals surface area contributed by atoms with Crippen molar-refractivity contribution < 1.29 is 4.92 Å². The number of nitro benzene ring substituents is 1. The zero-order valence-corrected chi connectivity index (χ0v) is 11.4. The summed E-state index contributed by atoms with van der Waals surface area (Å²) in [5.74, 6) is 0. The van der Waals surface area contributed by atoms with Crippen LogP contribution >= 0.6 is 23.2 Å². The average molecular weight is 296 g/mol. The van der Waals surface area contributed by atoms with Crippen LogP contribution in [0, 0.1) is 10.1 Å². The summed E-state index contributed by atoms with van der Waals surface area (Å²) in [6, 6.07) is 14.4. The highest BCUT2D eigenvalue weighted by molar-refractivity contribution is 6.32. The van der Waals surface area contributed by atoms with Gasteiger partial charge in [0.05, 0.1) is 10.3 Å². The maximum Gasteiger partial charge on any atom is 0.288 e. The first-order valence-corrected chi connectivity index (χ1v) is 6.51. The van der Waals surface area contributed by atoms with Gasteiger partial charge < -0.3 is 0 Å². The van der Waals surface area contributed by atoms with Crippen molar-refractivity contribution in [3.05, 3.63) is 74.8 Å². The van der Waals surface area contributed by atoms with Crippen LogP contribution in [0.25, 0.3) is 0 Å². The largest absolute Gasteiger partial charge is 0.288 e. The molecule has 0 bridgehead atoms. The van der Waals surface area contributed by atoms with Crippen LogP contribution in [0.3, 0.4) is 0 Å². The molecule has 0 amide bonds. The Labute approximate surface area is 120 Å². The van der Waals surface area contributed by atoms with Gasteiger partial charge in [-0.15, -0.1) is 11.6 Å². The van der Waals surface area contributed by atoms with E-state index < -0.39 is 4.92 Å². The number of benzene rings is 2. The van der Waals surface area contributed by atoms with Gasteiger partial charge in [0.15, 0.2) is 0 Å². The number of nitro groups is 1. The Balaban J connectivity index is 2.20. The lowest BCUT2D eigenvalue weighted by Crippen LogP contribution is -1.97. The van der Waals surface area contributed by atoms with E-state index in [0.717, 1.165) is 11.1 Å². The Morgan fingerprint density at radius 1 is 1.16 bits per heavy atom. The monoisotopic (exact) mass is 295 g/mol. The maximum absolute atomic E-state index is 10.8. The molecule has 3 nitrogen and oxygen atoms in total. The zero-order valence-electron chi connectivity index (χ0n) is 9.92. The van der Waals surface area contributed by atoms with E-state index in [0.29, 0.717) is 6.42 Å². The molecule has 0 aliphatic carbocycles. The number of alkyl halides is 1. The van der Waals surface area contributed by atoms with Crippen molar-refractivity contribution in [1.82, 2.24) is 0 Å². The minimum Gasteiger partial charge on any atom is -0.258 e. The second kappa shape index (κ2) is 6.04. The summed E-state index contributed by atoms with van der Waals surface area (Å²) in [6.45, 7) is 0. The first kappa shape index (κ1) is 13.8. The van der Waals surface area contributed by atoms with E-state index in [2.05, 4.69) is 0 Å². The van der Waals surface area contributed by atoms with Gasteiger partial charge in [-0.1, -0.05) is 48.0 Å². The first-order valence-electron chi connectivity index (χ1n) is 5.70. The Hall–Kier alpha value is -1.58. The van der Waals surface area contributed by atoms with Crippen molar-refractivity contribution in [2.75, 3.05) is 0 Å². The number of halogens is 2. The molecule has 2 rings (SSSR count). The van der Waals surface area contributed by atoms with Gasteiger partial charge in [-0.25, -0.2) is 0 Å². The van der Waals surface area contributed by atoms with Crippen LogP contribution in [0.5, 0.6) is 0 Å². The van der Waals surface area contributed by atoms with E-state index in [1.165, 1.54) is 12.1 Å². The summed E-state index contributed by atoms with van der Waals surface area (Å²) in [5, 5.41) is 10.7. The lowest BCUT2D eigenvalue weighted by molar-refractivity contribution is -0.384. The molecule has 0 heterocycles. The van der Waals surface area contributed by atoms with Crippen molar-refractivity contribution >= 4 is 28.9 Å². The molecule has 1 unspecified atom stereocenters.